The molecule has 2 aliphatic rings. The minimum absolute atomic E-state index is 0.107. The lowest BCUT2D eigenvalue weighted by Crippen LogP contribution is -2.61. The maximum absolute atomic E-state index is 5.04. The number of aromatic nitrogens is 3. The Morgan fingerprint density at radius 3 is 1.98 bits per heavy atom. The van der Waals surface area contributed by atoms with E-state index in [1.54, 1.807) is 6.33 Å². The Bertz CT molecular complexity index is 989. The monoisotopic (exact) mass is 600 g/mol. The summed E-state index contributed by atoms with van der Waals surface area (Å²) in [6.45, 7) is 32.5. The van der Waals surface area contributed by atoms with E-state index in [0.29, 0.717) is 28.9 Å². The fourth-order valence-electron chi connectivity index (χ4n) is 9.15. The number of rotatable bonds is 13. The molecule has 0 radical (unpaired) electrons. The van der Waals surface area contributed by atoms with Gasteiger partial charge in [0.1, 0.15) is 6.33 Å². The number of nitrogens with zero attached hydrogens (tertiary/aromatic N) is 4. The van der Waals surface area contributed by atoms with Crippen LogP contribution >= 0.6 is 0 Å². The summed E-state index contributed by atoms with van der Waals surface area (Å²) in [4.78, 5) is 16.9. The molecule has 2 heterocycles. The second-order valence-electron chi connectivity index (χ2n) is 19.0. The van der Waals surface area contributed by atoms with Gasteiger partial charge in [0, 0.05) is 35.2 Å². The molecule has 7 nitrogen and oxygen atoms in total. The van der Waals surface area contributed by atoms with Gasteiger partial charge >= 0.3 is 0 Å². The molecule has 0 aromatic carbocycles. The normalized spacial score (nSPS) is 22.3. The Morgan fingerprint density at radius 1 is 0.814 bits per heavy atom. The Hall–Kier alpha value is -1.47. The average molecular weight is 600 g/mol. The van der Waals surface area contributed by atoms with E-state index in [1.165, 1.54) is 51.4 Å². The van der Waals surface area contributed by atoms with Gasteiger partial charge in [-0.05, 0) is 116 Å². The van der Waals surface area contributed by atoms with Crippen LogP contribution in [0.2, 0.25) is 0 Å². The van der Waals surface area contributed by atoms with E-state index in [9.17, 15) is 0 Å². The Balaban J connectivity index is 1.62. The number of anilines is 2. The number of piperidine rings is 1. The van der Waals surface area contributed by atoms with Crippen molar-refractivity contribution in [2.45, 2.75) is 183 Å². The molecule has 2 fully saturated rings. The van der Waals surface area contributed by atoms with Crippen molar-refractivity contribution in [3.63, 3.8) is 0 Å². The van der Waals surface area contributed by atoms with Gasteiger partial charge in [-0.1, -0.05) is 61.3 Å². The van der Waals surface area contributed by atoms with E-state index in [4.69, 9.17) is 9.97 Å². The first kappa shape index (κ1) is 36.0. The highest BCUT2D eigenvalue weighted by molar-refractivity contribution is 5.39. The molecule has 3 rings (SSSR count). The zero-order valence-electron chi connectivity index (χ0n) is 30.5. The van der Waals surface area contributed by atoms with Crippen molar-refractivity contribution in [1.82, 2.24) is 25.6 Å². The van der Waals surface area contributed by atoms with Gasteiger partial charge in [-0.3, -0.25) is 0 Å². The maximum Gasteiger partial charge on any atom is 0.230 e. The van der Waals surface area contributed by atoms with Crippen molar-refractivity contribution in [2.24, 2.45) is 16.2 Å². The summed E-state index contributed by atoms with van der Waals surface area (Å²) in [5.41, 5.74) is 1.10. The third-order valence-corrected chi connectivity index (χ3v) is 9.16. The number of hydrogen-bond donors (Lipinski definition) is 3. The molecule has 0 amide bonds. The number of unbranched alkanes of at least 4 members (excludes halogenated alkanes) is 3. The molecule has 0 spiro atoms. The molecule has 1 aliphatic heterocycles. The quantitative estimate of drug-likeness (QED) is 0.197. The Labute approximate surface area is 266 Å². The predicted octanol–water partition coefficient (Wildman–Crippen LogP) is 8.37. The van der Waals surface area contributed by atoms with Crippen LogP contribution < -0.4 is 20.9 Å². The fourth-order valence-corrected chi connectivity index (χ4v) is 9.15. The molecule has 0 unspecified atom stereocenters. The SMILES string of the molecule is CC(C)(C)CC(C)(C)Nc1ncnc(N(CCCCCCNC2CC(C)(C)NC(C)(C)C2)C2CC(C)(C)CC(C)(C)C2)n1. The van der Waals surface area contributed by atoms with Gasteiger partial charge in [0.05, 0.1) is 0 Å². The minimum atomic E-state index is -0.107. The van der Waals surface area contributed by atoms with Gasteiger partial charge in [-0.2, -0.15) is 4.98 Å². The van der Waals surface area contributed by atoms with Crippen LogP contribution in [0, 0.1) is 16.2 Å². The van der Waals surface area contributed by atoms with Crippen LogP contribution in [0.15, 0.2) is 6.33 Å². The largest absolute Gasteiger partial charge is 0.349 e. The van der Waals surface area contributed by atoms with Crippen molar-refractivity contribution in [3.8, 4) is 0 Å². The summed E-state index contributed by atoms with van der Waals surface area (Å²) in [7, 11) is 0. The Kier molecular flexibility index (Phi) is 11.3. The van der Waals surface area contributed by atoms with Crippen LogP contribution in [0.4, 0.5) is 11.9 Å². The molecule has 0 atom stereocenters. The van der Waals surface area contributed by atoms with E-state index < -0.39 is 0 Å². The second-order valence-corrected chi connectivity index (χ2v) is 19.0. The predicted molar refractivity (Wildman–Crippen MR) is 185 cm³/mol. The standard InChI is InChI=1S/C36H69N7/c1-31(2,3)24-36(12,13)41-29-38-26-39-30(40-29)43(28-22-32(4,5)25-33(6,7)23-28)19-17-15-14-16-18-37-27-20-34(8,9)42-35(10,11)21-27/h26-28,37,42H,14-25H2,1-13H3,(H,38,39,40,41). The van der Waals surface area contributed by atoms with Crippen molar-refractivity contribution >= 4 is 11.9 Å². The van der Waals surface area contributed by atoms with Gasteiger partial charge < -0.3 is 20.9 Å². The first-order chi connectivity index (χ1) is 19.5. The summed E-state index contributed by atoms with van der Waals surface area (Å²) in [5, 5.41) is 11.3. The molecule has 3 N–H and O–H groups in total. The highest BCUT2D eigenvalue weighted by atomic mass is 15.3. The number of hydrogen-bond acceptors (Lipinski definition) is 7. The lowest BCUT2D eigenvalue weighted by Gasteiger charge is -2.48. The van der Waals surface area contributed by atoms with Crippen molar-refractivity contribution < 1.29 is 0 Å². The molecule has 7 heteroatoms. The summed E-state index contributed by atoms with van der Waals surface area (Å²) in [5.74, 6) is 1.52. The zero-order valence-corrected chi connectivity index (χ0v) is 30.5. The molecule has 1 saturated carbocycles. The molecule has 1 saturated heterocycles. The lowest BCUT2D eigenvalue weighted by molar-refractivity contribution is 0.0946. The van der Waals surface area contributed by atoms with E-state index in [2.05, 4.69) is 116 Å². The molecule has 1 aromatic rings. The third kappa shape index (κ3) is 12.4. The van der Waals surface area contributed by atoms with Crippen molar-refractivity contribution in [3.05, 3.63) is 6.33 Å². The van der Waals surface area contributed by atoms with E-state index >= 15 is 0 Å². The van der Waals surface area contributed by atoms with Crippen LogP contribution in [0.3, 0.4) is 0 Å². The molecule has 1 aromatic heterocycles. The summed E-state index contributed by atoms with van der Waals surface area (Å²) in [6.07, 6.45) is 13.6. The summed E-state index contributed by atoms with van der Waals surface area (Å²) in [6, 6.07) is 1.03. The van der Waals surface area contributed by atoms with Gasteiger partial charge in [0.2, 0.25) is 11.9 Å². The van der Waals surface area contributed by atoms with E-state index in [1.807, 2.05) is 0 Å². The van der Waals surface area contributed by atoms with Crippen molar-refractivity contribution in [2.75, 3.05) is 23.3 Å². The van der Waals surface area contributed by atoms with E-state index in [-0.39, 0.29) is 22.0 Å². The molecular formula is C36H69N7. The Morgan fingerprint density at radius 2 is 1.40 bits per heavy atom. The van der Waals surface area contributed by atoms with Crippen molar-refractivity contribution in [1.29, 1.82) is 0 Å². The summed E-state index contributed by atoms with van der Waals surface area (Å²) >= 11 is 0. The van der Waals surface area contributed by atoms with Gasteiger partial charge in [-0.15, -0.1) is 0 Å². The number of nitrogens with one attached hydrogen (secondary N) is 3. The molecule has 1 aliphatic carbocycles. The molecule has 0 bridgehead atoms. The zero-order chi connectivity index (χ0) is 32.3. The third-order valence-electron chi connectivity index (χ3n) is 9.16. The maximum atomic E-state index is 5.04. The topological polar surface area (TPSA) is 78.0 Å². The molecule has 248 valence electrons. The van der Waals surface area contributed by atoms with Gasteiger partial charge in [0.25, 0.3) is 0 Å². The van der Waals surface area contributed by atoms with Crippen LogP contribution in [0.5, 0.6) is 0 Å². The summed E-state index contributed by atoms with van der Waals surface area (Å²) < 4.78 is 0. The smallest absolute Gasteiger partial charge is 0.230 e. The van der Waals surface area contributed by atoms with Crippen LogP contribution in [-0.4, -0.2) is 56.7 Å². The highest BCUT2D eigenvalue weighted by Gasteiger charge is 2.41. The fraction of sp³-hybridized carbons (Fsp3) is 0.917. The average Bonchev–Trinajstić information content (AvgIpc) is 2.74. The first-order valence-corrected chi connectivity index (χ1v) is 17.3. The first-order valence-electron chi connectivity index (χ1n) is 17.3. The van der Waals surface area contributed by atoms with Gasteiger partial charge in [0.15, 0.2) is 0 Å². The molecular weight excluding hydrogens is 530 g/mol. The second kappa shape index (κ2) is 13.5. The van der Waals surface area contributed by atoms with Crippen LogP contribution in [-0.2, 0) is 0 Å². The van der Waals surface area contributed by atoms with Gasteiger partial charge in [-0.25, -0.2) is 9.97 Å². The highest BCUT2D eigenvalue weighted by Crippen LogP contribution is 2.47. The molecule has 43 heavy (non-hydrogen) atoms. The lowest BCUT2D eigenvalue weighted by atomic mass is 9.63. The van der Waals surface area contributed by atoms with Crippen LogP contribution in [0.25, 0.3) is 0 Å². The van der Waals surface area contributed by atoms with Crippen LogP contribution in [0.1, 0.15) is 154 Å². The minimum Gasteiger partial charge on any atom is -0.349 e. The van der Waals surface area contributed by atoms with E-state index in [0.717, 1.165) is 31.9 Å².